The molecule has 23 rings (SSSR count). The molecule has 0 amide bonds. The molecule has 0 fully saturated rings. The first-order valence-corrected chi connectivity index (χ1v) is 52.7. The van der Waals surface area contributed by atoms with Crippen LogP contribution >= 0.6 is 0 Å². The Morgan fingerprint density at radius 2 is 0.507 bits per heavy atom. The van der Waals surface area contributed by atoms with Gasteiger partial charge in [0.2, 0.25) is 0 Å². The van der Waals surface area contributed by atoms with Gasteiger partial charge in [0.15, 0.2) is 16.1 Å². The molecule has 20 aromatic carbocycles. The third kappa shape index (κ3) is 15.2. The van der Waals surface area contributed by atoms with Crippen LogP contribution in [0.15, 0.2) is 491 Å². The minimum absolute atomic E-state index is 0.0988. The van der Waals surface area contributed by atoms with Crippen molar-refractivity contribution in [1.29, 1.82) is 0 Å². The van der Waals surface area contributed by atoms with E-state index in [0.717, 1.165) is 95.4 Å². The maximum absolute atomic E-state index is 3.66. The average Bonchev–Trinajstić information content (AvgIpc) is 0.720. The molecule has 3 nitrogen and oxygen atoms in total. The lowest BCUT2D eigenvalue weighted by Gasteiger charge is -2.45. The molecule has 0 spiro atoms. The summed E-state index contributed by atoms with van der Waals surface area (Å²) in [5.41, 5.74) is 33.0. The molecule has 6 heteroatoms. The zero-order chi connectivity index (χ0) is 93.6. The number of nitrogens with zero attached hydrogens (tertiary/aromatic N) is 3. The number of fused-ring (bicyclic) bond motifs is 7. The molecule has 0 N–H and O–H groups in total. The van der Waals surface area contributed by atoms with E-state index >= 15 is 0 Å². The molecule has 0 saturated carbocycles. The summed E-state index contributed by atoms with van der Waals surface area (Å²) in [4.78, 5) is 5.44. The van der Waals surface area contributed by atoms with Crippen molar-refractivity contribution in [2.45, 2.75) is 78.6 Å². The lowest BCUT2D eigenvalue weighted by atomic mass is 9.33. The number of benzene rings is 20. The van der Waals surface area contributed by atoms with Crippen LogP contribution in [0.4, 0.5) is 34.1 Å². The van der Waals surface area contributed by atoms with Gasteiger partial charge in [0.05, 0.1) is 16.7 Å². The molecule has 0 radical (unpaired) electrons. The standard InChI is InChI=1S/C132H108BN3Si2/c1-130(2,3)104-68-74-123-118(86-104)119-87-105(131(4,5)6)69-75-124(119)134(123)107-70-72-121-126(89-107)135(108-77-100(94-48-26-13-27-49-94)76-101(78-108)95-50-28-14-29-51-95)127-84-103(85-128-129(127)133(121)120-71-67-106(132(7,8)9)88-125(120)136(128)122-73-66-99(93-46-24-12-25-47-93)83-117(122)96-52-30-15-31-53-96)102-81-115(137(109-56-32-16-33-57-109,110-58-34-17-35-59-110)113-64-40-54-97(79-113)91-42-20-10-21-43-91)90-116(82-102)138(111-60-36-18-37-61-111,112-62-38-19-39-63-112)114-65-41-55-98(80-114)92-44-22-11-23-45-92/h10-90H,1-9H3. The summed E-state index contributed by atoms with van der Waals surface area (Å²) in [5.74, 6) is 0. The van der Waals surface area contributed by atoms with Gasteiger partial charge in [-0.05, 0) is 248 Å². The van der Waals surface area contributed by atoms with Gasteiger partial charge in [-0.3, -0.25) is 0 Å². The quantitative estimate of drug-likeness (QED) is 0.0627. The van der Waals surface area contributed by atoms with Crippen LogP contribution in [-0.2, 0) is 16.2 Å². The summed E-state index contributed by atoms with van der Waals surface area (Å²) < 4.78 is 2.58. The second-order valence-corrected chi connectivity index (χ2v) is 48.3. The molecule has 3 heterocycles. The van der Waals surface area contributed by atoms with Crippen LogP contribution in [0.25, 0.3) is 105 Å². The van der Waals surface area contributed by atoms with Crippen molar-refractivity contribution >= 4 is 137 Å². The molecule has 2 aliphatic heterocycles. The van der Waals surface area contributed by atoms with E-state index in [-0.39, 0.29) is 23.0 Å². The zero-order valence-corrected chi connectivity index (χ0v) is 81.7. The van der Waals surface area contributed by atoms with Gasteiger partial charge >= 0.3 is 0 Å². The largest absolute Gasteiger partial charge is 0.311 e. The summed E-state index contributed by atoms with van der Waals surface area (Å²) in [6.45, 7) is 20.9. The maximum atomic E-state index is 2.74. The van der Waals surface area contributed by atoms with Crippen LogP contribution in [0, 0.1) is 0 Å². The molecule has 0 saturated heterocycles. The van der Waals surface area contributed by atoms with Crippen molar-refractivity contribution in [1.82, 2.24) is 4.57 Å². The molecule has 138 heavy (non-hydrogen) atoms. The molecule has 1 aromatic heterocycles. The van der Waals surface area contributed by atoms with E-state index in [1.165, 1.54) is 119 Å². The van der Waals surface area contributed by atoms with Crippen LogP contribution in [0.3, 0.4) is 0 Å². The Labute approximate surface area is 815 Å². The Morgan fingerprint density at radius 1 is 0.188 bits per heavy atom. The van der Waals surface area contributed by atoms with E-state index in [4.69, 9.17) is 0 Å². The van der Waals surface area contributed by atoms with Gasteiger partial charge in [-0.1, -0.05) is 469 Å². The fraction of sp³-hybridized carbons (Fsp3) is 0.0909. The van der Waals surface area contributed by atoms with E-state index < -0.39 is 16.1 Å². The third-order valence-corrected chi connectivity index (χ3v) is 38.7. The smallest absolute Gasteiger partial charge is 0.252 e. The van der Waals surface area contributed by atoms with Gasteiger partial charge in [-0.2, -0.15) is 0 Å². The van der Waals surface area contributed by atoms with Crippen LogP contribution in [0.5, 0.6) is 0 Å². The number of anilines is 6. The van der Waals surface area contributed by atoms with Crippen molar-refractivity contribution in [3.63, 3.8) is 0 Å². The van der Waals surface area contributed by atoms with Crippen LogP contribution < -0.4 is 67.7 Å². The lowest BCUT2D eigenvalue weighted by molar-refractivity contribution is 0.590. The van der Waals surface area contributed by atoms with Gasteiger partial charge in [-0.15, -0.1) is 0 Å². The topological polar surface area (TPSA) is 11.4 Å². The molecule has 0 unspecified atom stereocenters. The fourth-order valence-corrected chi connectivity index (χ4v) is 32.2. The predicted octanol–water partition coefficient (Wildman–Crippen LogP) is 27.2. The number of rotatable bonds is 18. The first-order valence-electron chi connectivity index (χ1n) is 48.7. The summed E-state index contributed by atoms with van der Waals surface area (Å²) in [5, 5.41) is 12.8. The van der Waals surface area contributed by atoms with Crippen molar-refractivity contribution in [2.75, 3.05) is 9.80 Å². The summed E-state index contributed by atoms with van der Waals surface area (Å²) in [6, 6.07) is 190. The summed E-state index contributed by atoms with van der Waals surface area (Å²) >= 11 is 0. The second-order valence-electron chi connectivity index (χ2n) is 40.7. The SMILES string of the molecule is CC(C)(C)c1ccc2c(c1)N(c1ccc(-c3ccccc3)cc1-c1ccccc1)c1cc(-c3cc([Si](c4ccccc4)(c4ccccc4)c4cccc(-c5ccccc5)c4)cc([Si](c4ccccc4)(c4ccccc4)c4cccc(-c5ccccc5)c4)c3)cc3c1B2c1ccc(-n2c4ccc(C(C)(C)C)cc4c4cc(C(C)(C)C)ccc42)cc1N3c1cc(-c2ccccc2)cc(-c2ccccc2)c1. The number of hydrogen-bond acceptors (Lipinski definition) is 2. The Hall–Kier alpha value is -15.7. The first-order chi connectivity index (χ1) is 67.3. The van der Waals surface area contributed by atoms with Gasteiger partial charge in [-0.25, -0.2) is 0 Å². The highest BCUT2D eigenvalue weighted by Gasteiger charge is 2.49. The Balaban J connectivity index is 0.919. The number of aromatic nitrogens is 1. The minimum Gasteiger partial charge on any atom is -0.311 e. The molecule has 2 aliphatic rings. The minimum atomic E-state index is -3.66. The maximum Gasteiger partial charge on any atom is 0.252 e. The molecule has 662 valence electrons. The van der Waals surface area contributed by atoms with E-state index in [0.29, 0.717) is 0 Å². The predicted molar refractivity (Wildman–Crippen MR) is 596 cm³/mol. The summed E-state index contributed by atoms with van der Waals surface area (Å²) in [6.07, 6.45) is 0. The van der Waals surface area contributed by atoms with Gasteiger partial charge in [0.25, 0.3) is 6.71 Å². The molecule has 0 aliphatic carbocycles. The summed E-state index contributed by atoms with van der Waals surface area (Å²) in [7, 11) is -7.32. The molecular weight excluding hydrogens is 1690 g/mol. The fourth-order valence-electron chi connectivity index (χ4n) is 22.4. The van der Waals surface area contributed by atoms with E-state index in [1.807, 2.05) is 0 Å². The van der Waals surface area contributed by atoms with Gasteiger partial charge in [0, 0.05) is 50.5 Å². The van der Waals surface area contributed by atoms with Gasteiger partial charge < -0.3 is 14.4 Å². The van der Waals surface area contributed by atoms with Gasteiger partial charge in [0.1, 0.15) is 0 Å². The van der Waals surface area contributed by atoms with Crippen LogP contribution in [0.2, 0.25) is 0 Å². The van der Waals surface area contributed by atoms with Crippen LogP contribution in [0.1, 0.15) is 79.0 Å². The highest BCUT2D eigenvalue weighted by molar-refractivity contribution is 7.22. The zero-order valence-electron chi connectivity index (χ0n) is 79.7. The number of hydrogen-bond donors (Lipinski definition) is 0. The molecule has 21 aromatic rings. The molecule has 0 bridgehead atoms. The Morgan fingerprint density at radius 3 is 0.920 bits per heavy atom. The van der Waals surface area contributed by atoms with E-state index in [2.05, 4.69) is 568 Å². The lowest BCUT2D eigenvalue weighted by Crippen LogP contribution is -2.78. The molecular formula is C132H108BN3Si2. The highest BCUT2D eigenvalue weighted by atomic mass is 28.3. The third-order valence-electron chi connectivity index (χ3n) is 29.3. The molecule has 0 atom stereocenters. The first kappa shape index (κ1) is 86.4. The van der Waals surface area contributed by atoms with Crippen molar-refractivity contribution < 1.29 is 0 Å². The normalized spacial score (nSPS) is 12.6. The van der Waals surface area contributed by atoms with Crippen molar-refractivity contribution in [2.24, 2.45) is 0 Å². The Bertz CT molecular complexity index is 7760. The van der Waals surface area contributed by atoms with Crippen LogP contribution in [-0.4, -0.2) is 27.4 Å². The Kier molecular flexibility index (Phi) is 21.9. The van der Waals surface area contributed by atoms with E-state index in [9.17, 15) is 0 Å². The monoisotopic (exact) mass is 1800 g/mol. The van der Waals surface area contributed by atoms with E-state index in [1.54, 1.807) is 0 Å². The average molecular weight is 1800 g/mol. The van der Waals surface area contributed by atoms with Crippen molar-refractivity contribution in [3.05, 3.63) is 508 Å². The second kappa shape index (κ2) is 34.9. The highest BCUT2D eigenvalue weighted by Crippen LogP contribution is 2.52. The van der Waals surface area contributed by atoms with Crippen molar-refractivity contribution in [3.8, 4) is 83.6 Å².